The number of rotatable bonds is 8. The summed E-state index contributed by atoms with van der Waals surface area (Å²) < 4.78 is 28.0. The molecule has 5 rings (SSSR count). The van der Waals surface area contributed by atoms with Crippen LogP contribution in [0.3, 0.4) is 0 Å². The summed E-state index contributed by atoms with van der Waals surface area (Å²) in [7, 11) is 0. The highest BCUT2D eigenvalue weighted by Gasteiger charge is 2.28. The summed E-state index contributed by atoms with van der Waals surface area (Å²) in [6, 6.07) is 13.9. The normalized spacial score (nSPS) is 15.1. The molecule has 1 amide bonds. The Bertz CT molecular complexity index is 1730. The number of hydrogen-bond acceptors (Lipinski definition) is 5. The number of alkyl halides is 2. The van der Waals surface area contributed by atoms with E-state index < -0.39 is 6.43 Å². The first-order chi connectivity index (χ1) is 21.1. The van der Waals surface area contributed by atoms with Gasteiger partial charge in [0.25, 0.3) is 17.9 Å². The third kappa shape index (κ3) is 6.30. The van der Waals surface area contributed by atoms with E-state index >= 15 is 0 Å². The quantitative estimate of drug-likeness (QED) is 0.222. The fourth-order valence-corrected chi connectivity index (χ4v) is 6.55. The van der Waals surface area contributed by atoms with Crippen molar-refractivity contribution >= 4 is 23.3 Å². The van der Waals surface area contributed by atoms with Gasteiger partial charge >= 0.3 is 0 Å². The number of aryl methyl sites for hydroxylation is 2. The van der Waals surface area contributed by atoms with Gasteiger partial charge in [0.15, 0.2) is 0 Å². The Hall–Kier alpha value is -3.95. The zero-order valence-corrected chi connectivity index (χ0v) is 26.6. The molecule has 1 N–H and O–H groups in total. The Morgan fingerprint density at radius 2 is 1.80 bits per heavy atom. The number of nitrogens with one attached hydrogen (secondary N) is 1. The number of carbonyl (C=O) groups is 1. The lowest BCUT2D eigenvalue weighted by Gasteiger charge is -2.32. The van der Waals surface area contributed by atoms with Crippen molar-refractivity contribution in [2.45, 2.75) is 59.9 Å². The van der Waals surface area contributed by atoms with Gasteiger partial charge in [-0.05, 0) is 56.9 Å². The molecule has 44 heavy (non-hydrogen) atoms. The van der Waals surface area contributed by atoms with Crippen molar-refractivity contribution in [3.05, 3.63) is 97.8 Å². The molecule has 1 atom stereocenters. The SMILES string of the molecule is CCc1cccc(CC)c1-n1c(C=C(C)C)c(C(=O)N2CCN[C@H](C)C2)cc(-c2nc(-c3ccc(C(F)F)cc3)cs2)c1=O. The van der Waals surface area contributed by atoms with E-state index in [-0.39, 0.29) is 23.1 Å². The number of allylic oxidation sites excluding steroid dienone is 1. The predicted molar refractivity (Wildman–Crippen MR) is 175 cm³/mol. The van der Waals surface area contributed by atoms with Crippen LogP contribution in [0.25, 0.3) is 33.6 Å². The molecule has 0 spiro atoms. The monoisotopic (exact) mass is 616 g/mol. The van der Waals surface area contributed by atoms with Crippen molar-refractivity contribution in [3.8, 4) is 27.5 Å². The van der Waals surface area contributed by atoms with Crippen LogP contribution < -0.4 is 10.9 Å². The molecule has 4 aromatic rings. The fraction of sp³-hybridized carbons (Fsp3) is 0.343. The molecule has 2 aromatic carbocycles. The molecule has 0 radical (unpaired) electrons. The third-order valence-corrected chi connectivity index (χ3v) is 8.81. The van der Waals surface area contributed by atoms with Crippen molar-refractivity contribution in [1.29, 1.82) is 0 Å². The molecule has 0 unspecified atom stereocenters. The molecular formula is C35H38F2N4O2S. The lowest BCUT2D eigenvalue weighted by molar-refractivity contribution is 0.0708. The summed E-state index contributed by atoms with van der Waals surface area (Å²) in [5.74, 6) is -0.132. The summed E-state index contributed by atoms with van der Waals surface area (Å²) in [5.41, 5.74) is 6.07. The summed E-state index contributed by atoms with van der Waals surface area (Å²) in [6.07, 6.45) is 0.792. The number of halogens is 2. The molecule has 0 saturated carbocycles. The second-order valence-electron chi connectivity index (χ2n) is 11.4. The zero-order chi connectivity index (χ0) is 31.5. The molecular weight excluding hydrogens is 578 g/mol. The Balaban J connectivity index is 1.78. The molecule has 0 bridgehead atoms. The number of pyridine rings is 1. The van der Waals surface area contributed by atoms with Gasteiger partial charge in [0.2, 0.25) is 0 Å². The van der Waals surface area contributed by atoms with Crippen LogP contribution in [-0.2, 0) is 12.8 Å². The van der Waals surface area contributed by atoms with Gasteiger partial charge in [-0.2, -0.15) is 0 Å². The van der Waals surface area contributed by atoms with E-state index in [0.29, 0.717) is 65.6 Å². The largest absolute Gasteiger partial charge is 0.336 e. The Morgan fingerprint density at radius 3 is 2.39 bits per heavy atom. The van der Waals surface area contributed by atoms with Gasteiger partial charge < -0.3 is 10.2 Å². The van der Waals surface area contributed by atoms with Gasteiger partial charge in [-0.3, -0.25) is 14.2 Å². The number of hydrogen-bond donors (Lipinski definition) is 1. The van der Waals surface area contributed by atoms with Crippen molar-refractivity contribution in [1.82, 2.24) is 19.8 Å². The molecule has 230 valence electrons. The van der Waals surface area contributed by atoms with Gasteiger partial charge in [0, 0.05) is 42.2 Å². The van der Waals surface area contributed by atoms with E-state index in [2.05, 4.69) is 26.1 Å². The Kier molecular flexibility index (Phi) is 9.56. The topological polar surface area (TPSA) is 67.2 Å². The summed E-state index contributed by atoms with van der Waals surface area (Å²) in [6.45, 7) is 11.9. The minimum absolute atomic E-state index is 0.0614. The molecule has 6 nitrogen and oxygen atoms in total. The lowest BCUT2D eigenvalue weighted by Crippen LogP contribution is -2.51. The lowest BCUT2D eigenvalue weighted by atomic mass is 9.99. The highest BCUT2D eigenvalue weighted by molar-refractivity contribution is 7.13. The molecule has 1 aliphatic heterocycles. The number of thiazole rings is 1. The number of benzene rings is 2. The third-order valence-electron chi connectivity index (χ3n) is 7.93. The number of aromatic nitrogens is 2. The second kappa shape index (κ2) is 13.4. The van der Waals surface area contributed by atoms with Crippen LogP contribution in [0.5, 0.6) is 0 Å². The Labute approximate surface area is 261 Å². The molecule has 9 heteroatoms. The van der Waals surface area contributed by atoms with Crippen molar-refractivity contribution in [3.63, 3.8) is 0 Å². The van der Waals surface area contributed by atoms with Gasteiger partial charge in [-0.15, -0.1) is 11.3 Å². The summed E-state index contributed by atoms with van der Waals surface area (Å²) >= 11 is 1.30. The van der Waals surface area contributed by atoms with Crippen LogP contribution in [0.2, 0.25) is 0 Å². The maximum atomic E-state index is 14.7. The molecule has 3 heterocycles. The average molecular weight is 617 g/mol. The van der Waals surface area contributed by atoms with Crippen LogP contribution in [0.15, 0.2) is 64.3 Å². The minimum Gasteiger partial charge on any atom is -0.336 e. The number of amides is 1. The van der Waals surface area contributed by atoms with E-state index in [1.165, 1.54) is 23.5 Å². The van der Waals surface area contributed by atoms with Crippen molar-refractivity contribution in [2.75, 3.05) is 19.6 Å². The predicted octanol–water partition coefficient (Wildman–Crippen LogP) is 7.55. The molecule has 1 fully saturated rings. The second-order valence-corrected chi connectivity index (χ2v) is 12.3. The molecule has 0 aliphatic carbocycles. The van der Waals surface area contributed by atoms with Crippen molar-refractivity contribution < 1.29 is 13.6 Å². The van der Waals surface area contributed by atoms with Crippen LogP contribution in [0.4, 0.5) is 8.78 Å². The van der Waals surface area contributed by atoms with Crippen LogP contribution >= 0.6 is 11.3 Å². The van der Waals surface area contributed by atoms with E-state index in [9.17, 15) is 18.4 Å². The van der Waals surface area contributed by atoms with E-state index in [4.69, 9.17) is 4.98 Å². The van der Waals surface area contributed by atoms with Crippen LogP contribution in [-0.4, -0.2) is 46.0 Å². The highest BCUT2D eigenvalue weighted by Crippen LogP contribution is 2.32. The number of carbonyl (C=O) groups excluding carboxylic acids is 1. The molecule has 2 aromatic heterocycles. The highest BCUT2D eigenvalue weighted by atomic mass is 32.1. The maximum Gasteiger partial charge on any atom is 0.265 e. The average Bonchev–Trinajstić information content (AvgIpc) is 3.50. The first-order valence-corrected chi connectivity index (χ1v) is 15.9. The van der Waals surface area contributed by atoms with Crippen molar-refractivity contribution in [2.24, 2.45) is 0 Å². The Morgan fingerprint density at radius 1 is 1.11 bits per heavy atom. The minimum atomic E-state index is -2.55. The maximum absolute atomic E-state index is 14.7. The van der Waals surface area contributed by atoms with Gasteiger partial charge in [0.05, 0.1) is 28.2 Å². The van der Waals surface area contributed by atoms with E-state index in [1.807, 2.05) is 48.4 Å². The first-order valence-electron chi connectivity index (χ1n) is 15.1. The van der Waals surface area contributed by atoms with Gasteiger partial charge in [-0.1, -0.05) is 61.9 Å². The van der Waals surface area contributed by atoms with E-state index in [0.717, 1.165) is 22.4 Å². The molecule has 1 saturated heterocycles. The van der Waals surface area contributed by atoms with E-state index in [1.54, 1.807) is 22.8 Å². The van der Waals surface area contributed by atoms with Gasteiger partial charge in [0.1, 0.15) is 5.01 Å². The van der Waals surface area contributed by atoms with Crippen LogP contribution in [0, 0.1) is 0 Å². The fourth-order valence-electron chi connectivity index (χ4n) is 5.71. The zero-order valence-electron chi connectivity index (χ0n) is 25.8. The first kappa shape index (κ1) is 31.5. The van der Waals surface area contributed by atoms with Gasteiger partial charge in [-0.25, -0.2) is 13.8 Å². The smallest absolute Gasteiger partial charge is 0.265 e. The summed E-state index contributed by atoms with van der Waals surface area (Å²) in [4.78, 5) is 35.6. The molecule has 1 aliphatic rings. The standard InChI is InChI=1S/C35H38F2N4O2S/c1-6-23-9-8-10-24(7-2)31(23)41-30(17-21(3)4)27(34(42)40-16-15-38-22(5)19-40)18-28(35(41)43)33-39-29(20-44-33)25-11-13-26(14-12-25)32(36)37/h8-14,17-18,20,22,32,38H,6-7,15-16,19H2,1-5H3/t22-/m1/s1. The number of piperazine rings is 1. The number of nitrogens with zero attached hydrogens (tertiary/aromatic N) is 3. The number of para-hydroxylation sites is 1. The van der Waals surface area contributed by atoms with Crippen LogP contribution in [0.1, 0.15) is 73.8 Å². The summed E-state index contributed by atoms with van der Waals surface area (Å²) in [5, 5.41) is 5.68.